The third kappa shape index (κ3) is 3.92. The first kappa shape index (κ1) is 17.1. The van der Waals surface area contributed by atoms with Gasteiger partial charge in [0.2, 0.25) is 0 Å². The number of para-hydroxylation sites is 1. The van der Waals surface area contributed by atoms with Crippen molar-refractivity contribution in [2.75, 3.05) is 6.54 Å². The van der Waals surface area contributed by atoms with E-state index in [4.69, 9.17) is 9.47 Å². The predicted molar refractivity (Wildman–Crippen MR) is 99.8 cm³/mol. The van der Waals surface area contributed by atoms with E-state index in [9.17, 15) is 9.18 Å². The Bertz CT molecular complexity index is 959. The van der Waals surface area contributed by atoms with E-state index in [0.29, 0.717) is 13.0 Å². The van der Waals surface area contributed by atoms with E-state index in [1.165, 1.54) is 12.1 Å². The van der Waals surface area contributed by atoms with E-state index >= 15 is 0 Å². The Morgan fingerprint density at radius 1 is 1.04 bits per heavy atom. The van der Waals surface area contributed by atoms with E-state index < -0.39 is 11.7 Å². The molecule has 0 saturated carbocycles. The normalized spacial score (nSPS) is 14.9. The number of hydrogen-bond acceptors (Lipinski definition) is 3. The molecule has 1 N–H and O–H groups in total. The molecule has 136 valence electrons. The minimum atomic E-state index is -0.534. The number of amides is 1. The molecule has 5 heteroatoms. The first-order chi connectivity index (χ1) is 13.2. The number of rotatable bonds is 5. The lowest BCUT2D eigenvalue weighted by atomic mass is 10.1. The van der Waals surface area contributed by atoms with E-state index in [1.807, 2.05) is 48.5 Å². The number of nitrogens with one attached hydrogen (secondary N) is 1. The lowest BCUT2D eigenvalue weighted by molar-refractivity contribution is 0.0929. The van der Waals surface area contributed by atoms with Crippen molar-refractivity contribution < 1.29 is 18.7 Å². The molecular formula is C22H18FNO3. The van der Waals surface area contributed by atoms with Gasteiger partial charge in [-0.1, -0.05) is 30.3 Å². The minimum absolute atomic E-state index is 0.0339. The summed E-state index contributed by atoms with van der Waals surface area (Å²) in [6, 6.07) is 21.1. The molecule has 4 nitrogen and oxygen atoms in total. The van der Waals surface area contributed by atoms with Crippen LogP contribution < -0.4 is 14.8 Å². The third-order valence-corrected chi connectivity index (χ3v) is 4.36. The Morgan fingerprint density at radius 2 is 1.81 bits per heavy atom. The zero-order chi connectivity index (χ0) is 18.6. The van der Waals surface area contributed by atoms with Crippen LogP contribution in [0.1, 0.15) is 15.9 Å². The zero-order valence-electron chi connectivity index (χ0n) is 14.5. The predicted octanol–water partition coefficient (Wildman–Crippen LogP) is 4.35. The molecule has 3 aromatic rings. The van der Waals surface area contributed by atoms with Crippen LogP contribution in [0.25, 0.3) is 0 Å². The Morgan fingerprint density at radius 3 is 2.63 bits per heavy atom. The van der Waals surface area contributed by atoms with Crippen LogP contribution in [0.2, 0.25) is 0 Å². The summed E-state index contributed by atoms with van der Waals surface area (Å²) in [5.74, 6) is 1.30. The van der Waals surface area contributed by atoms with Crippen LogP contribution in [0, 0.1) is 5.82 Å². The molecular weight excluding hydrogens is 345 g/mol. The van der Waals surface area contributed by atoms with Crippen LogP contribution in [0.15, 0.2) is 72.8 Å². The fourth-order valence-electron chi connectivity index (χ4n) is 3.05. The maximum absolute atomic E-state index is 13.7. The standard InChI is InChI=1S/C22H18FNO3/c23-20-9-5-4-8-19(20)22(25)24-14-18-13-15-12-17(10-11-21(15)27-18)26-16-6-2-1-3-7-16/h1-12,18H,13-14H2,(H,24,25). The van der Waals surface area contributed by atoms with E-state index in [2.05, 4.69) is 5.32 Å². The summed E-state index contributed by atoms with van der Waals surface area (Å²) in [6.07, 6.45) is 0.460. The number of hydrogen-bond donors (Lipinski definition) is 1. The molecule has 1 amide bonds. The monoisotopic (exact) mass is 363 g/mol. The highest BCUT2D eigenvalue weighted by atomic mass is 19.1. The van der Waals surface area contributed by atoms with Gasteiger partial charge in [0.15, 0.2) is 0 Å². The largest absolute Gasteiger partial charge is 0.488 e. The Hall–Kier alpha value is -3.34. The summed E-state index contributed by atoms with van der Waals surface area (Å²) < 4.78 is 25.4. The minimum Gasteiger partial charge on any atom is -0.488 e. The van der Waals surface area contributed by atoms with Crippen LogP contribution in [0.5, 0.6) is 17.2 Å². The van der Waals surface area contributed by atoms with Gasteiger partial charge in [-0.15, -0.1) is 0 Å². The van der Waals surface area contributed by atoms with Gasteiger partial charge in [-0.3, -0.25) is 4.79 Å². The summed E-state index contributed by atoms with van der Waals surface area (Å²) >= 11 is 0. The summed E-state index contributed by atoms with van der Waals surface area (Å²) in [5, 5.41) is 2.74. The molecule has 0 aromatic heterocycles. The van der Waals surface area contributed by atoms with Gasteiger partial charge in [-0.05, 0) is 42.5 Å². The van der Waals surface area contributed by atoms with Gasteiger partial charge in [0.1, 0.15) is 29.2 Å². The number of fused-ring (bicyclic) bond motifs is 1. The molecule has 1 atom stereocenters. The maximum atomic E-state index is 13.7. The Kier molecular flexibility index (Phi) is 4.75. The molecule has 1 aliphatic rings. The zero-order valence-corrected chi connectivity index (χ0v) is 14.5. The quantitative estimate of drug-likeness (QED) is 0.733. The molecule has 1 aliphatic heterocycles. The highest BCUT2D eigenvalue weighted by Gasteiger charge is 2.24. The van der Waals surface area contributed by atoms with E-state index in [-0.39, 0.29) is 11.7 Å². The Labute approximate surface area is 156 Å². The van der Waals surface area contributed by atoms with Crippen molar-refractivity contribution in [3.8, 4) is 17.2 Å². The molecule has 1 heterocycles. The lowest BCUT2D eigenvalue weighted by Gasteiger charge is -2.12. The van der Waals surface area contributed by atoms with Gasteiger partial charge >= 0.3 is 0 Å². The van der Waals surface area contributed by atoms with E-state index in [0.717, 1.165) is 22.8 Å². The SMILES string of the molecule is O=C(NCC1Cc2cc(Oc3ccccc3)ccc2O1)c1ccccc1F. The smallest absolute Gasteiger partial charge is 0.254 e. The molecule has 0 radical (unpaired) electrons. The van der Waals surface area contributed by atoms with Crippen molar-refractivity contribution >= 4 is 5.91 Å². The molecule has 4 rings (SSSR count). The molecule has 0 bridgehead atoms. The average molecular weight is 363 g/mol. The summed E-state index contributed by atoms with van der Waals surface area (Å²) in [5.41, 5.74) is 1.06. The topological polar surface area (TPSA) is 47.6 Å². The Balaban J connectivity index is 1.37. The fraction of sp³-hybridized carbons (Fsp3) is 0.136. The van der Waals surface area contributed by atoms with Gasteiger partial charge in [0, 0.05) is 12.0 Å². The molecule has 27 heavy (non-hydrogen) atoms. The van der Waals surface area contributed by atoms with Gasteiger partial charge in [0.25, 0.3) is 5.91 Å². The molecule has 0 fully saturated rings. The maximum Gasteiger partial charge on any atom is 0.254 e. The van der Waals surface area contributed by atoms with Crippen molar-refractivity contribution in [3.05, 3.63) is 89.7 Å². The number of carbonyl (C=O) groups excluding carboxylic acids is 1. The first-order valence-electron chi connectivity index (χ1n) is 8.74. The average Bonchev–Trinajstić information content (AvgIpc) is 3.09. The molecule has 1 unspecified atom stereocenters. The summed E-state index contributed by atoms with van der Waals surface area (Å²) in [6.45, 7) is 0.302. The third-order valence-electron chi connectivity index (χ3n) is 4.36. The molecule has 0 saturated heterocycles. The van der Waals surface area contributed by atoms with Crippen molar-refractivity contribution in [2.24, 2.45) is 0 Å². The van der Waals surface area contributed by atoms with Crippen LogP contribution in [-0.2, 0) is 6.42 Å². The number of ether oxygens (including phenoxy) is 2. The second-order valence-corrected chi connectivity index (χ2v) is 6.32. The summed E-state index contributed by atoms with van der Waals surface area (Å²) in [7, 11) is 0. The first-order valence-corrected chi connectivity index (χ1v) is 8.74. The molecule has 0 aliphatic carbocycles. The van der Waals surface area contributed by atoms with Crippen LogP contribution in [0.3, 0.4) is 0 Å². The highest BCUT2D eigenvalue weighted by Crippen LogP contribution is 2.33. The number of halogens is 1. The van der Waals surface area contributed by atoms with Gasteiger partial charge < -0.3 is 14.8 Å². The summed E-state index contributed by atoms with van der Waals surface area (Å²) in [4.78, 5) is 12.1. The van der Waals surface area contributed by atoms with Crippen LogP contribution >= 0.6 is 0 Å². The molecule has 3 aromatic carbocycles. The van der Waals surface area contributed by atoms with Crippen molar-refractivity contribution in [2.45, 2.75) is 12.5 Å². The van der Waals surface area contributed by atoms with Crippen molar-refractivity contribution in [1.82, 2.24) is 5.32 Å². The van der Waals surface area contributed by atoms with Crippen LogP contribution in [-0.4, -0.2) is 18.6 Å². The lowest BCUT2D eigenvalue weighted by Crippen LogP contribution is -2.34. The number of carbonyl (C=O) groups is 1. The van der Waals surface area contributed by atoms with Gasteiger partial charge in [0.05, 0.1) is 12.1 Å². The van der Waals surface area contributed by atoms with Crippen molar-refractivity contribution in [1.29, 1.82) is 0 Å². The fourth-order valence-corrected chi connectivity index (χ4v) is 3.05. The second-order valence-electron chi connectivity index (χ2n) is 6.32. The van der Waals surface area contributed by atoms with Crippen LogP contribution in [0.4, 0.5) is 4.39 Å². The highest BCUT2D eigenvalue weighted by molar-refractivity contribution is 5.94. The number of benzene rings is 3. The van der Waals surface area contributed by atoms with Gasteiger partial charge in [-0.2, -0.15) is 0 Å². The second kappa shape index (κ2) is 7.50. The van der Waals surface area contributed by atoms with E-state index in [1.54, 1.807) is 12.1 Å². The van der Waals surface area contributed by atoms with Crippen molar-refractivity contribution in [3.63, 3.8) is 0 Å². The molecule has 0 spiro atoms. The van der Waals surface area contributed by atoms with Gasteiger partial charge in [-0.25, -0.2) is 4.39 Å².